The monoisotopic (exact) mass is 236 g/mol. The molecule has 0 aliphatic carbocycles. The highest BCUT2D eigenvalue weighted by atomic mass is 16.5. The highest BCUT2D eigenvalue weighted by Gasteiger charge is 2.08. The summed E-state index contributed by atoms with van der Waals surface area (Å²) in [4.78, 5) is 0. The van der Waals surface area contributed by atoms with Crippen molar-refractivity contribution >= 4 is 0 Å². The van der Waals surface area contributed by atoms with Crippen molar-refractivity contribution in [3.05, 3.63) is 29.8 Å². The third-order valence-electron chi connectivity index (χ3n) is 2.42. The van der Waals surface area contributed by atoms with Crippen LogP contribution in [0, 0.1) is 6.92 Å². The van der Waals surface area contributed by atoms with Gasteiger partial charge in [0.05, 0.1) is 12.2 Å². The Morgan fingerprint density at radius 1 is 1.00 bits per heavy atom. The summed E-state index contributed by atoms with van der Waals surface area (Å²) in [6.07, 6.45) is 2.08. The van der Waals surface area contributed by atoms with Gasteiger partial charge in [0, 0.05) is 6.61 Å². The molecule has 0 atom stereocenters. The van der Waals surface area contributed by atoms with Crippen molar-refractivity contribution in [3.63, 3.8) is 0 Å². The van der Waals surface area contributed by atoms with Crippen LogP contribution in [0.15, 0.2) is 24.3 Å². The fraction of sp³-hybridized carbons (Fsp3) is 0.600. The first-order chi connectivity index (χ1) is 7.99. The Labute approximate surface area is 105 Å². The van der Waals surface area contributed by atoms with Crippen LogP contribution in [0.3, 0.4) is 0 Å². The zero-order valence-corrected chi connectivity index (χ0v) is 11.5. The first-order valence-corrected chi connectivity index (χ1v) is 6.31. The predicted octanol–water partition coefficient (Wildman–Crippen LogP) is 3.97. The van der Waals surface area contributed by atoms with Crippen LogP contribution in [-0.4, -0.2) is 18.8 Å². The van der Waals surface area contributed by atoms with E-state index < -0.39 is 0 Å². The largest absolute Gasteiger partial charge is 0.493 e. The van der Waals surface area contributed by atoms with E-state index in [2.05, 4.69) is 33.8 Å². The van der Waals surface area contributed by atoms with Gasteiger partial charge in [-0.25, -0.2) is 0 Å². The summed E-state index contributed by atoms with van der Waals surface area (Å²) in [5, 5.41) is 0. The molecule has 0 unspecified atom stereocenters. The van der Waals surface area contributed by atoms with Crippen molar-refractivity contribution in [1.82, 2.24) is 0 Å². The Morgan fingerprint density at radius 2 is 1.65 bits per heavy atom. The van der Waals surface area contributed by atoms with E-state index in [0.29, 0.717) is 0 Å². The summed E-state index contributed by atoms with van der Waals surface area (Å²) in [6.45, 7) is 9.88. The van der Waals surface area contributed by atoms with Crippen molar-refractivity contribution in [2.45, 2.75) is 46.1 Å². The number of ether oxygens (including phenoxy) is 2. The summed E-state index contributed by atoms with van der Waals surface area (Å²) in [6, 6.07) is 8.11. The molecule has 17 heavy (non-hydrogen) atoms. The van der Waals surface area contributed by atoms with Gasteiger partial charge in [0.2, 0.25) is 0 Å². The van der Waals surface area contributed by atoms with Crippen LogP contribution in [0.25, 0.3) is 0 Å². The molecule has 2 heteroatoms. The van der Waals surface area contributed by atoms with Crippen molar-refractivity contribution in [2.75, 3.05) is 13.2 Å². The molecule has 0 aliphatic rings. The number of para-hydroxylation sites is 1. The topological polar surface area (TPSA) is 18.5 Å². The molecule has 1 rings (SSSR count). The van der Waals surface area contributed by atoms with Crippen LogP contribution in [0.5, 0.6) is 5.75 Å². The Hall–Kier alpha value is -1.02. The van der Waals surface area contributed by atoms with Gasteiger partial charge in [0.1, 0.15) is 5.75 Å². The number of rotatable bonds is 6. The highest BCUT2D eigenvalue weighted by molar-refractivity contribution is 5.31. The van der Waals surface area contributed by atoms with Gasteiger partial charge in [-0.15, -0.1) is 0 Å². The third-order valence-corrected chi connectivity index (χ3v) is 2.42. The van der Waals surface area contributed by atoms with E-state index in [1.807, 2.05) is 18.2 Å². The molecule has 96 valence electrons. The molecule has 0 saturated carbocycles. The Morgan fingerprint density at radius 3 is 2.29 bits per heavy atom. The standard InChI is InChI=1S/C15H24O2/c1-13-9-5-6-10-14(13)16-11-7-8-12-17-15(2,3)4/h5-6,9-10H,7-8,11-12H2,1-4H3. The van der Waals surface area contributed by atoms with Crippen LogP contribution < -0.4 is 4.74 Å². The molecule has 2 nitrogen and oxygen atoms in total. The highest BCUT2D eigenvalue weighted by Crippen LogP contribution is 2.16. The summed E-state index contributed by atoms with van der Waals surface area (Å²) < 4.78 is 11.4. The minimum Gasteiger partial charge on any atom is -0.493 e. The van der Waals surface area contributed by atoms with Crippen LogP contribution in [0.4, 0.5) is 0 Å². The van der Waals surface area contributed by atoms with E-state index in [4.69, 9.17) is 9.47 Å². The van der Waals surface area contributed by atoms with E-state index >= 15 is 0 Å². The molecule has 0 spiro atoms. The van der Waals surface area contributed by atoms with Gasteiger partial charge in [-0.1, -0.05) is 18.2 Å². The number of hydrogen-bond acceptors (Lipinski definition) is 2. The lowest BCUT2D eigenvalue weighted by Gasteiger charge is -2.19. The van der Waals surface area contributed by atoms with Gasteiger partial charge < -0.3 is 9.47 Å². The Bertz CT molecular complexity index is 326. The summed E-state index contributed by atoms with van der Waals surface area (Å²) in [5.41, 5.74) is 1.16. The van der Waals surface area contributed by atoms with E-state index in [-0.39, 0.29) is 5.60 Å². The number of unbranched alkanes of at least 4 members (excludes halogenated alkanes) is 1. The molecule has 0 bridgehead atoms. The summed E-state index contributed by atoms with van der Waals surface area (Å²) in [7, 11) is 0. The molecule has 0 heterocycles. The van der Waals surface area contributed by atoms with Gasteiger partial charge >= 0.3 is 0 Å². The molecule has 0 radical (unpaired) electrons. The summed E-state index contributed by atoms with van der Waals surface area (Å²) in [5.74, 6) is 0.990. The van der Waals surface area contributed by atoms with Crippen molar-refractivity contribution in [3.8, 4) is 5.75 Å². The second-order valence-corrected chi connectivity index (χ2v) is 5.28. The van der Waals surface area contributed by atoms with E-state index in [9.17, 15) is 0 Å². The van der Waals surface area contributed by atoms with Gasteiger partial charge in [-0.05, 0) is 52.2 Å². The smallest absolute Gasteiger partial charge is 0.122 e. The molecule has 0 aliphatic heterocycles. The minimum atomic E-state index is -0.0309. The van der Waals surface area contributed by atoms with Gasteiger partial charge in [-0.2, -0.15) is 0 Å². The van der Waals surface area contributed by atoms with Gasteiger partial charge in [-0.3, -0.25) is 0 Å². The molecular weight excluding hydrogens is 212 g/mol. The van der Waals surface area contributed by atoms with E-state index in [0.717, 1.165) is 31.8 Å². The lowest BCUT2D eigenvalue weighted by atomic mass is 10.2. The van der Waals surface area contributed by atoms with Crippen molar-refractivity contribution < 1.29 is 9.47 Å². The zero-order chi connectivity index (χ0) is 12.7. The van der Waals surface area contributed by atoms with Crippen molar-refractivity contribution in [1.29, 1.82) is 0 Å². The van der Waals surface area contributed by atoms with Crippen LogP contribution in [0.1, 0.15) is 39.2 Å². The van der Waals surface area contributed by atoms with Gasteiger partial charge in [0.15, 0.2) is 0 Å². The van der Waals surface area contributed by atoms with Crippen LogP contribution in [0.2, 0.25) is 0 Å². The summed E-state index contributed by atoms with van der Waals surface area (Å²) >= 11 is 0. The second-order valence-electron chi connectivity index (χ2n) is 5.28. The maximum Gasteiger partial charge on any atom is 0.122 e. The minimum absolute atomic E-state index is 0.0309. The molecule has 0 saturated heterocycles. The third kappa shape index (κ3) is 6.32. The van der Waals surface area contributed by atoms with E-state index in [1.165, 1.54) is 5.56 Å². The van der Waals surface area contributed by atoms with Gasteiger partial charge in [0.25, 0.3) is 0 Å². The molecule has 1 aromatic carbocycles. The SMILES string of the molecule is Cc1ccccc1OCCCCOC(C)(C)C. The first-order valence-electron chi connectivity index (χ1n) is 6.31. The van der Waals surface area contributed by atoms with Crippen LogP contribution >= 0.6 is 0 Å². The normalized spacial score (nSPS) is 11.5. The first kappa shape index (κ1) is 14.0. The fourth-order valence-corrected chi connectivity index (χ4v) is 1.48. The molecule has 0 N–H and O–H groups in total. The quantitative estimate of drug-likeness (QED) is 0.696. The fourth-order valence-electron chi connectivity index (χ4n) is 1.48. The second kappa shape index (κ2) is 6.65. The number of hydrogen-bond donors (Lipinski definition) is 0. The maximum absolute atomic E-state index is 5.71. The maximum atomic E-state index is 5.71. The lowest BCUT2D eigenvalue weighted by molar-refractivity contribution is -0.00554. The predicted molar refractivity (Wildman–Crippen MR) is 71.6 cm³/mol. The van der Waals surface area contributed by atoms with E-state index in [1.54, 1.807) is 0 Å². The Kier molecular flexibility index (Phi) is 5.49. The molecule has 0 aromatic heterocycles. The zero-order valence-electron chi connectivity index (χ0n) is 11.5. The van der Waals surface area contributed by atoms with Crippen molar-refractivity contribution in [2.24, 2.45) is 0 Å². The Balaban J connectivity index is 2.11. The number of benzene rings is 1. The molecular formula is C15H24O2. The van der Waals surface area contributed by atoms with Crippen LogP contribution in [-0.2, 0) is 4.74 Å². The average molecular weight is 236 g/mol. The molecule has 0 amide bonds. The average Bonchev–Trinajstić information content (AvgIpc) is 2.24. The number of aryl methyl sites for hydroxylation is 1. The molecule has 1 aromatic rings. The lowest BCUT2D eigenvalue weighted by Crippen LogP contribution is -2.19. The molecule has 0 fully saturated rings.